The summed E-state index contributed by atoms with van der Waals surface area (Å²) in [6.45, 7) is 8.83. The van der Waals surface area contributed by atoms with Gasteiger partial charge in [0.25, 0.3) is 5.89 Å². The Hall–Kier alpha value is -1.72. The van der Waals surface area contributed by atoms with Crippen molar-refractivity contribution in [3.8, 4) is 22.2 Å². The van der Waals surface area contributed by atoms with Crippen LogP contribution in [0.2, 0.25) is 5.15 Å². The number of hydrogen-bond acceptors (Lipinski definition) is 5. The number of nitrogens with zero attached hydrogens (tertiary/aromatic N) is 3. The van der Waals surface area contributed by atoms with E-state index in [1.165, 1.54) is 22.4 Å². The maximum atomic E-state index is 6.07. The molecule has 0 aliphatic heterocycles. The van der Waals surface area contributed by atoms with Gasteiger partial charge in [-0.15, -0.1) is 21.5 Å². The molecule has 4 nitrogen and oxygen atoms in total. The van der Waals surface area contributed by atoms with Crippen LogP contribution in [0, 0.1) is 12.3 Å². The normalized spacial score (nSPS) is 15.9. The smallest absolute Gasteiger partial charge is 0.258 e. The summed E-state index contributed by atoms with van der Waals surface area (Å²) in [5.41, 5.74) is 4.91. The van der Waals surface area contributed by atoms with Crippen molar-refractivity contribution in [1.29, 1.82) is 0 Å². The molecular weight excluding hydrogens is 366 g/mol. The second-order valence-corrected chi connectivity index (χ2v) is 9.23. The van der Waals surface area contributed by atoms with Crippen LogP contribution >= 0.6 is 22.9 Å². The van der Waals surface area contributed by atoms with Crippen molar-refractivity contribution in [2.45, 2.75) is 53.4 Å². The van der Waals surface area contributed by atoms with E-state index in [1.54, 1.807) is 6.07 Å². The molecule has 1 aliphatic carbocycles. The third-order valence-corrected chi connectivity index (χ3v) is 6.62. The summed E-state index contributed by atoms with van der Waals surface area (Å²) in [6, 6.07) is 3.67. The summed E-state index contributed by atoms with van der Waals surface area (Å²) in [4.78, 5) is 6.78. The molecular formula is C20H22ClN3OS. The topological polar surface area (TPSA) is 51.8 Å². The highest BCUT2D eigenvalue weighted by Crippen LogP contribution is 2.45. The fourth-order valence-electron chi connectivity index (χ4n) is 3.69. The number of thiophene rings is 1. The second-order valence-electron chi connectivity index (χ2n) is 7.74. The molecule has 0 aromatic carbocycles. The van der Waals surface area contributed by atoms with Crippen LogP contribution in [0.5, 0.6) is 0 Å². The Morgan fingerprint density at radius 2 is 1.96 bits per heavy atom. The Balaban J connectivity index is 1.76. The minimum Gasteiger partial charge on any atom is -0.415 e. The van der Waals surface area contributed by atoms with Gasteiger partial charge in [0, 0.05) is 16.1 Å². The van der Waals surface area contributed by atoms with Crippen LogP contribution < -0.4 is 0 Å². The monoisotopic (exact) mass is 387 g/mol. The van der Waals surface area contributed by atoms with Crippen LogP contribution in [0.4, 0.5) is 0 Å². The first-order valence-electron chi connectivity index (χ1n) is 8.98. The standard InChI is InChI=1S/C20H22ClN3OS/c1-5-15-14-10-20(3,4)7-6-13(14)17(26-15)19-24-23-18(25-19)12-8-11(2)22-16(21)9-12/h8-9H,5-7,10H2,1-4H3. The lowest BCUT2D eigenvalue weighted by Crippen LogP contribution is -2.22. The molecule has 0 amide bonds. The average Bonchev–Trinajstić information content (AvgIpc) is 3.17. The van der Waals surface area contributed by atoms with E-state index in [0.29, 0.717) is 22.3 Å². The molecule has 0 atom stereocenters. The lowest BCUT2D eigenvalue weighted by molar-refractivity contribution is 0.315. The highest BCUT2D eigenvalue weighted by atomic mass is 35.5. The van der Waals surface area contributed by atoms with Gasteiger partial charge in [-0.1, -0.05) is 32.4 Å². The number of halogens is 1. The molecule has 0 saturated carbocycles. The molecule has 3 aromatic rings. The first-order valence-corrected chi connectivity index (χ1v) is 10.2. The first kappa shape index (κ1) is 17.7. The SMILES string of the molecule is CCc1sc(-c2nnc(-c3cc(C)nc(Cl)c3)o2)c2c1CC(C)(C)CC2. The number of rotatable bonds is 3. The summed E-state index contributed by atoms with van der Waals surface area (Å²) in [6.07, 6.45) is 4.44. The Kier molecular flexibility index (Phi) is 4.40. The lowest BCUT2D eigenvalue weighted by atomic mass is 9.74. The van der Waals surface area contributed by atoms with E-state index >= 15 is 0 Å². The molecule has 4 rings (SSSR count). The van der Waals surface area contributed by atoms with Gasteiger partial charge >= 0.3 is 0 Å². The highest BCUT2D eigenvalue weighted by Gasteiger charge is 2.32. The van der Waals surface area contributed by atoms with Gasteiger partial charge in [0.15, 0.2) is 0 Å². The van der Waals surface area contributed by atoms with Crippen molar-refractivity contribution < 1.29 is 4.42 Å². The zero-order chi connectivity index (χ0) is 18.5. The summed E-state index contributed by atoms with van der Waals surface area (Å²) in [5.74, 6) is 1.11. The maximum absolute atomic E-state index is 6.07. The van der Waals surface area contributed by atoms with Crippen molar-refractivity contribution >= 4 is 22.9 Å². The van der Waals surface area contributed by atoms with Gasteiger partial charge in [-0.05, 0) is 61.3 Å². The van der Waals surface area contributed by atoms with Gasteiger partial charge in [0.1, 0.15) is 5.15 Å². The number of fused-ring (bicyclic) bond motifs is 1. The summed E-state index contributed by atoms with van der Waals surface area (Å²) < 4.78 is 6.04. The Morgan fingerprint density at radius 3 is 2.69 bits per heavy atom. The van der Waals surface area contributed by atoms with E-state index in [1.807, 2.05) is 24.3 Å². The third kappa shape index (κ3) is 3.19. The Labute approximate surface area is 162 Å². The third-order valence-electron chi connectivity index (χ3n) is 5.02. The van der Waals surface area contributed by atoms with Crippen molar-refractivity contribution in [2.75, 3.05) is 0 Å². The van der Waals surface area contributed by atoms with Gasteiger partial charge in [-0.3, -0.25) is 0 Å². The molecule has 0 bridgehead atoms. The van der Waals surface area contributed by atoms with Crippen molar-refractivity contribution in [3.63, 3.8) is 0 Å². The van der Waals surface area contributed by atoms with E-state index in [9.17, 15) is 0 Å². The summed E-state index contributed by atoms with van der Waals surface area (Å²) in [5, 5.41) is 9.04. The Bertz CT molecular complexity index is 953. The van der Waals surface area contributed by atoms with E-state index < -0.39 is 0 Å². The van der Waals surface area contributed by atoms with Crippen LogP contribution in [-0.2, 0) is 19.3 Å². The van der Waals surface area contributed by atoms with E-state index in [0.717, 1.165) is 35.4 Å². The predicted molar refractivity (Wildman–Crippen MR) is 106 cm³/mol. The highest BCUT2D eigenvalue weighted by molar-refractivity contribution is 7.15. The summed E-state index contributed by atoms with van der Waals surface area (Å²) >= 11 is 7.88. The van der Waals surface area contributed by atoms with Crippen LogP contribution in [0.1, 0.15) is 48.9 Å². The number of aromatic nitrogens is 3. The molecule has 1 aliphatic rings. The van der Waals surface area contributed by atoms with Crippen molar-refractivity contribution in [3.05, 3.63) is 39.0 Å². The van der Waals surface area contributed by atoms with Crippen LogP contribution in [-0.4, -0.2) is 15.2 Å². The van der Waals surface area contributed by atoms with Crippen LogP contribution in [0.25, 0.3) is 22.2 Å². The molecule has 0 saturated heterocycles. The van der Waals surface area contributed by atoms with Crippen LogP contribution in [0.15, 0.2) is 16.5 Å². The van der Waals surface area contributed by atoms with Crippen LogP contribution in [0.3, 0.4) is 0 Å². The quantitative estimate of drug-likeness (QED) is 0.525. The van der Waals surface area contributed by atoms with E-state index in [4.69, 9.17) is 16.0 Å². The minimum absolute atomic E-state index is 0.362. The molecule has 26 heavy (non-hydrogen) atoms. The Morgan fingerprint density at radius 1 is 1.19 bits per heavy atom. The molecule has 0 radical (unpaired) electrons. The van der Waals surface area contributed by atoms with Gasteiger partial charge < -0.3 is 4.42 Å². The predicted octanol–water partition coefficient (Wildman–Crippen LogP) is 5.90. The molecule has 0 fully saturated rings. The minimum atomic E-state index is 0.362. The fourth-order valence-corrected chi connectivity index (χ4v) is 5.17. The fraction of sp³-hybridized carbons (Fsp3) is 0.450. The lowest BCUT2D eigenvalue weighted by Gasteiger charge is -2.30. The molecule has 0 spiro atoms. The largest absolute Gasteiger partial charge is 0.415 e. The van der Waals surface area contributed by atoms with E-state index in [2.05, 4.69) is 36.0 Å². The van der Waals surface area contributed by atoms with E-state index in [-0.39, 0.29) is 0 Å². The van der Waals surface area contributed by atoms with Gasteiger partial charge in [0.2, 0.25) is 5.89 Å². The zero-order valence-corrected chi connectivity index (χ0v) is 17.1. The van der Waals surface area contributed by atoms with Crippen molar-refractivity contribution in [1.82, 2.24) is 15.2 Å². The second kappa shape index (κ2) is 6.46. The number of hydrogen-bond donors (Lipinski definition) is 0. The number of aryl methyl sites for hydroxylation is 2. The van der Waals surface area contributed by atoms with Gasteiger partial charge in [-0.2, -0.15) is 0 Å². The molecule has 0 N–H and O–H groups in total. The van der Waals surface area contributed by atoms with Gasteiger partial charge in [-0.25, -0.2) is 4.98 Å². The molecule has 3 heterocycles. The molecule has 136 valence electrons. The van der Waals surface area contributed by atoms with Gasteiger partial charge in [0.05, 0.1) is 4.88 Å². The molecule has 3 aromatic heterocycles. The average molecular weight is 388 g/mol. The first-order chi connectivity index (χ1) is 12.4. The number of pyridine rings is 1. The molecule has 6 heteroatoms. The van der Waals surface area contributed by atoms with Crippen molar-refractivity contribution in [2.24, 2.45) is 5.41 Å². The summed E-state index contributed by atoms with van der Waals surface area (Å²) in [7, 11) is 0. The molecule has 0 unspecified atom stereocenters. The maximum Gasteiger partial charge on any atom is 0.258 e. The zero-order valence-electron chi connectivity index (χ0n) is 15.5.